The molecule has 1 saturated heterocycles. The van der Waals surface area contributed by atoms with Crippen LogP contribution < -0.4 is 22.8 Å². The van der Waals surface area contributed by atoms with Crippen molar-refractivity contribution < 1.29 is 43.7 Å². The predicted octanol–water partition coefficient (Wildman–Crippen LogP) is -3.04. The smallest absolute Gasteiger partial charge is 0.469 e. The van der Waals surface area contributed by atoms with Crippen molar-refractivity contribution in [2.45, 2.75) is 49.8 Å². The number of nitrogens with zero attached hydrogens (tertiary/aromatic N) is 3. The van der Waals surface area contributed by atoms with Crippen LogP contribution in [0.4, 0.5) is 5.95 Å². The van der Waals surface area contributed by atoms with E-state index in [1.165, 1.54) is 10.9 Å². The Morgan fingerprint density at radius 1 is 1.32 bits per heavy atom. The van der Waals surface area contributed by atoms with Crippen LogP contribution in [0.5, 0.6) is 0 Å². The standard InChI is InChI=1S/C10H14N5O8P.C6H14N2O2/c11-10-13-7-4(8(18)14-10)12-2-15(7)9-6(17)5(16)3(23-9)1-22-24(19,20)21;7-4-2-1-3-5(8)6(9)10/h2-3,5-6,9,16-17H,1H2,(H2,19,20,21)(H3,11,13,14,18);5H,1-4,7-8H2,(H,9,10)/t3-,5-,6-,9-;/m1./s1. The zero-order valence-corrected chi connectivity index (χ0v) is 18.7. The molecule has 5 atom stereocenters. The molecule has 1 unspecified atom stereocenters. The highest BCUT2D eigenvalue weighted by molar-refractivity contribution is 7.46. The van der Waals surface area contributed by atoms with Crippen LogP contribution >= 0.6 is 7.82 Å². The number of nitrogens with one attached hydrogen (secondary N) is 1. The largest absolute Gasteiger partial charge is 0.480 e. The first-order valence-corrected chi connectivity index (χ1v) is 11.5. The molecule has 0 amide bonds. The van der Waals surface area contributed by atoms with Crippen molar-refractivity contribution in [2.24, 2.45) is 11.5 Å². The summed E-state index contributed by atoms with van der Waals surface area (Å²) < 4.78 is 21.6. The summed E-state index contributed by atoms with van der Waals surface area (Å²) in [5.74, 6) is -1.11. The quantitative estimate of drug-likeness (QED) is 0.120. The zero-order valence-electron chi connectivity index (χ0n) is 17.8. The summed E-state index contributed by atoms with van der Waals surface area (Å²) >= 11 is 0. The fourth-order valence-electron chi connectivity index (χ4n) is 3.03. The molecule has 0 saturated carbocycles. The van der Waals surface area contributed by atoms with E-state index in [9.17, 15) is 24.4 Å². The molecule has 1 aliphatic rings. The number of phosphoric ester groups is 1. The number of H-pyrrole nitrogens is 1. The van der Waals surface area contributed by atoms with Crippen molar-refractivity contribution in [3.63, 3.8) is 0 Å². The minimum Gasteiger partial charge on any atom is -0.480 e. The van der Waals surface area contributed by atoms with E-state index in [0.717, 1.165) is 12.8 Å². The number of fused-ring (bicyclic) bond motifs is 1. The number of aromatic nitrogens is 4. The lowest BCUT2D eigenvalue weighted by atomic mass is 10.1. The van der Waals surface area contributed by atoms with Crippen LogP contribution in [0.25, 0.3) is 11.2 Å². The highest BCUT2D eigenvalue weighted by Crippen LogP contribution is 2.38. The van der Waals surface area contributed by atoms with E-state index in [1.54, 1.807) is 0 Å². The van der Waals surface area contributed by atoms with Gasteiger partial charge in [-0.05, 0) is 19.4 Å². The number of nitrogens with two attached hydrogens (primary N) is 3. The maximum Gasteiger partial charge on any atom is 0.469 e. The molecule has 18 heteroatoms. The van der Waals surface area contributed by atoms with E-state index < -0.39 is 56.5 Å². The van der Waals surface area contributed by atoms with E-state index in [4.69, 9.17) is 36.8 Å². The molecule has 192 valence electrons. The van der Waals surface area contributed by atoms with E-state index in [0.29, 0.717) is 13.0 Å². The van der Waals surface area contributed by atoms with Crippen LogP contribution in [0.2, 0.25) is 0 Å². The lowest BCUT2D eigenvalue weighted by Gasteiger charge is -2.16. The molecule has 12 N–H and O–H groups in total. The first-order valence-electron chi connectivity index (χ1n) is 9.98. The van der Waals surface area contributed by atoms with E-state index >= 15 is 0 Å². The lowest BCUT2D eigenvalue weighted by molar-refractivity contribution is -0.138. The van der Waals surface area contributed by atoms with Gasteiger partial charge >= 0.3 is 13.8 Å². The normalized spacial score (nSPS) is 23.5. The van der Waals surface area contributed by atoms with Crippen molar-refractivity contribution in [3.8, 4) is 0 Å². The number of carbonyl (C=O) groups is 1. The minimum absolute atomic E-state index is 0.0176. The molecule has 0 spiro atoms. The number of aromatic amines is 1. The lowest BCUT2D eigenvalue weighted by Crippen LogP contribution is -2.33. The number of nitrogen functional groups attached to an aromatic ring is 1. The van der Waals surface area contributed by atoms with Gasteiger partial charge in [-0.3, -0.25) is 23.7 Å². The van der Waals surface area contributed by atoms with Crippen molar-refractivity contribution in [1.82, 2.24) is 19.5 Å². The van der Waals surface area contributed by atoms with Gasteiger partial charge in [0.05, 0.1) is 12.9 Å². The van der Waals surface area contributed by atoms with Gasteiger partial charge in [0, 0.05) is 0 Å². The van der Waals surface area contributed by atoms with E-state index in [1.807, 2.05) is 0 Å². The van der Waals surface area contributed by atoms with Crippen LogP contribution in [-0.4, -0.2) is 88.1 Å². The number of unbranched alkanes of at least 4 members (excludes halogenated alkanes) is 1. The number of aliphatic carboxylic acids is 1. The third-order valence-corrected chi connectivity index (χ3v) is 5.24. The molecule has 0 aliphatic carbocycles. The second kappa shape index (κ2) is 11.8. The fraction of sp³-hybridized carbons (Fsp3) is 0.625. The van der Waals surface area contributed by atoms with Gasteiger partial charge in [-0.1, -0.05) is 6.42 Å². The van der Waals surface area contributed by atoms with Crippen LogP contribution in [0.3, 0.4) is 0 Å². The van der Waals surface area contributed by atoms with Crippen molar-refractivity contribution in [2.75, 3.05) is 18.9 Å². The molecule has 34 heavy (non-hydrogen) atoms. The highest BCUT2D eigenvalue weighted by Gasteiger charge is 2.45. The Hall–Kier alpha value is -2.47. The third kappa shape index (κ3) is 7.26. The Balaban J connectivity index is 0.000000347. The number of imidazole rings is 1. The first-order chi connectivity index (χ1) is 15.9. The van der Waals surface area contributed by atoms with Gasteiger partial charge in [0.15, 0.2) is 17.4 Å². The number of rotatable bonds is 9. The number of phosphoric acid groups is 1. The number of aliphatic hydroxyl groups is 2. The van der Waals surface area contributed by atoms with Gasteiger partial charge in [0.1, 0.15) is 24.4 Å². The SMILES string of the molecule is NCCCCC(N)C(=O)O.Nc1nc2c(ncn2[C@@H]2O[C@H](COP(=O)(O)O)[C@@H](O)[C@H]2O)c(=O)[nH]1. The Morgan fingerprint density at radius 3 is 2.59 bits per heavy atom. The number of hydrogen-bond acceptors (Lipinski definition) is 12. The monoisotopic (exact) mass is 509 g/mol. The van der Waals surface area contributed by atoms with Crippen LogP contribution in [-0.2, 0) is 18.6 Å². The third-order valence-electron chi connectivity index (χ3n) is 4.76. The summed E-state index contributed by atoms with van der Waals surface area (Å²) in [5.41, 5.74) is 15.3. The first kappa shape index (κ1) is 27.8. The second-order valence-corrected chi connectivity index (χ2v) is 8.58. The molecular weight excluding hydrogens is 481 g/mol. The average Bonchev–Trinajstić information content (AvgIpc) is 3.28. The second-order valence-electron chi connectivity index (χ2n) is 7.34. The minimum atomic E-state index is -4.76. The molecule has 0 bridgehead atoms. The number of ether oxygens (including phenoxy) is 1. The summed E-state index contributed by atoms with van der Waals surface area (Å²) in [6, 6.07) is -0.716. The van der Waals surface area contributed by atoms with Gasteiger partial charge < -0.3 is 47.0 Å². The molecule has 2 aromatic rings. The molecule has 0 aromatic carbocycles. The molecule has 3 heterocycles. The molecule has 1 aliphatic heterocycles. The average molecular weight is 509 g/mol. The number of carboxylic acid groups (broad SMARTS) is 1. The molecule has 1 fully saturated rings. The summed E-state index contributed by atoms with van der Waals surface area (Å²) in [4.78, 5) is 49.3. The van der Waals surface area contributed by atoms with Crippen LogP contribution in [0, 0.1) is 0 Å². The molecular formula is C16H28N7O10P. The van der Waals surface area contributed by atoms with Gasteiger partial charge in [0.25, 0.3) is 5.56 Å². The van der Waals surface area contributed by atoms with Crippen LogP contribution in [0.1, 0.15) is 25.5 Å². The van der Waals surface area contributed by atoms with Gasteiger partial charge in [-0.15, -0.1) is 0 Å². The molecule has 0 radical (unpaired) electrons. The number of hydrogen-bond donors (Lipinski definition) is 9. The topological polar surface area (TPSA) is 295 Å². The molecule has 2 aromatic heterocycles. The number of carboxylic acids is 1. The van der Waals surface area contributed by atoms with E-state index in [2.05, 4.69) is 19.5 Å². The number of anilines is 1. The van der Waals surface area contributed by atoms with Crippen molar-refractivity contribution >= 4 is 30.9 Å². The Bertz CT molecular complexity index is 1070. The van der Waals surface area contributed by atoms with Gasteiger partial charge in [0.2, 0.25) is 5.95 Å². The Labute approximate surface area is 191 Å². The maximum atomic E-state index is 11.7. The van der Waals surface area contributed by atoms with Crippen molar-refractivity contribution in [1.29, 1.82) is 0 Å². The summed E-state index contributed by atoms with van der Waals surface area (Å²) in [6.07, 6.45) is -2.05. The van der Waals surface area contributed by atoms with Gasteiger partial charge in [-0.2, -0.15) is 4.98 Å². The van der Waals surface area contributed by atoms with Crippen molar-refractivity contribution in [3.05, 3.63) is 16.7 Å². The maximum absolute atomic E-state index is 11.7. The molecule has 3 rings (SSSR count). The summed E-state index contributed by atoms with van der Waals surface area (Å²) in [7, 11) is -4.76. The van der Waals surface area contributed by atoms with E-state index in [-0.39, 0.29) is 17.1 Å². The summed E-state index contributed by atoms with van der Waals surface area (Å²) in [6.45, 7) is -0.0475. The Morgan fingerprint density at radius 2 is 2.00 bits per heavy atom. The Kier molecular flexibility index (Phi) is 9.63. The summed E-state index contributed by atoms with van der Waals surface area (Å²) in [5, 5.41) is 28.4. The molecule has 17 nitrogen and oxygen atoms in total. The van der Waals surface area contributed by atoms with Gasteiger partial charge in [-0.25, -0.2) is 9.55 Å². The zero-order chi connectivity index (χ0) is 25.6. The number of aliphatic hydroxyl groups excluding tert-OH is 2. The highest BCUT2D eigenvalue weighted by atomic mass is 31.2. The predicted molar refractivity (Wildman–Crippen MR) is 115 cm³/mol. The van der Waals surface area contributed by atoms with Crippen LogP contribution in [0.15, 0.2) is 11.1 Å². The fourth-order valence-corrected chi connectivity index (χ4v) is 3.37.